The van der Waals surface area contributed by atoms with E-state index in [0.717, 1.165) is 30.3 Å². The van der Waals surface area contributed by atoms with Crippen molar-refractivity contribution in [3.05, 3.63) is 47.5 Å². The minimum Gasteiger partial charge on any atom is -0.503 e. The number of rotatable bonds is 6. The molecular weight excluding hydrogens is 384 g/mol. The number of aromatic hydroxyl groups is 1. The Morgan fingerprint density at radius 2 is 1.93 bits per heavy atom. The molecule has 1 saturated heterocycles. The van der Waals surface area contributed by atoms with Gasteiger partial charge in [0.25, 0.3) is 0 Å². The van der Waals surface area contributed by atoms with Gasteiger partial charge in [-0.3, -0.25) is 0 Å². The Bertz CT molecular complexity index is 825. The molecule has 1 N–H and O–H groups in total. The Hall–Kier alpha value is -1.99. The molecule has 4 nitrogen and oxygen atoms in total. The summed E-state index contributed by atoms with van der Waals surface area (Å²) in [6.45, 7) is 4.14. The van der Waals surface area contributed by atoms with Crippen LogP contribution in [0.3, 0.4) is 0 Å². The molecule has 2 aliphatic rings. The first-order chi connectivity index (χ1) is 13.6. The van der Waals surface area contributed by atoms with Crippen molar-refractivity contribution in [2.75, 3.05) is 32.0 Å². The lowest BCUT2D eigenvalue weighted by molar-refractivity contribution is 0.204. The number of hydrogen-bond donors (Lipinski definition) is 1. The molecule has 2 aromatic carbocycles. The second-order valence-corrected chi connectivity index (χ2v) is 8.15. The maximum absolute atomic E-state index is 14.1. The van der Waals surface area contributed by atoms with E-state index in [0.29, 0.717) is 17.3 Å². The normalized spacial score (nSPS) is 19.3. The van der Waals surface area contributed by atoms with Crippen molar-refractivity contribution in [3.8, 4) is 17.2 Å². The summed E-state index contributed by atoms with van der Waals surface area (Å²) in [5, 5.41) is 9.47. The zero-order valence-electron chi connectivity index (χ0n) is 15.5. The van der Waals surface area contributed by atoms with Gasteiger partial charge < -0.3 is 19.5 Å². The van der Waals surface area contributed by atoms with Gasteiger partial charge in [-0.2, -0.15) is 4.39 Å². The third-order valence-corrected chi connectivity index (χ3v) is 6.19. The molecule has 150 valence electrons. The average molecular weight is 407 g/mol. The first-order valence-electron chi connectivity index (χ1n) is 9.57. The number of benzene rings is 2. The fourth-order valence-electron chi connectivity index (χ4n) is 3.56. The van der Waals surface area contributed by atoms with Crippen LogP contribution in [0, 0.1) is 11.6 Å². The van der Waals surface area contributed by atoms with E-state index in [1.54, 1.807) is 0 Å². The fourth-order valence-corrected chi connectivity index (χ4v) is 4.60. The number of thioether (sulfide) groups is 1. The Morgan fingerprint density at radius 1 is 1.18 bits per heavy atom. The van der Waals surface area contributed by atoms with Crippen LogP contribution < -0.4 is 9.47 Å². The summed E-state index contributed by atoms with van der Waals surface area (Å²) in [6.07, 6.45) is 3.22. The highest BCUT2D eigenvalue weighted by Gasteiger charge is 2.28. The topological polar surface area (TPSA) is 41.9 Å². The van der Waals surface area contributed by atoms with Crippen molar-refractivity contribution in [2.24, 2.45) is 0 Å². The minimum absolute atomic E-state index is 0.0950. The van der Waals surface area contributed by atoms with Gasteiger partial charge in [-0.25, -0.2) is 4.39 Å². The number of phenolic OH excluding ortho intramolecular Hbond substituents is 1. The molecule has 0 spiro atoms. The molecule has 1 atom stereocenters. The molecule has 0 unspecified atom stereocenters. The maximum atomic E-state index is 14.1. The van der Waals surface area contributed by atoms with E-state index in [1.165, 1.54) is 37.7 Å². The van der Waals surface area contributed by atoms with Crippen LogP contribution in [-0.2, 0) is 0 Å². The zero-order chi connectivity index (χ0) is 19.5. The summed E-state index contributed by atoms with van der Waals surface area (Å²) >= 11 is 1.31. The van der Waals surface area contributed by atoms with Gasteiger partial charge in [0.05, 0.1) is 11.5 Å². The average Bonchev–Trinajstić information content (AvgIpc) is 3.23. The molecule has 0 bridgehead atoms. The SMILES string of the molecule is Oc1c(F)cc2c(c1F)O[C@@H](c1ccc(OCCCN3CCCC3)cc1)CS2. The molecule has 28 heavy (non-hydrogen) atoms. The van der Waals surface area contributed by atoms with E-state index < -0.39 is 17.4 Å². The molecule has 0 aliphatic carbocycles. The smallest absolute Gasteiger partial charge is 0.210 e. The van der Waals surface area contributed by atoms with E-state index in [9.17, 15) is 13.9 Å². The number of ether oxygens (including phenoxy) is 2. The van der Waals surface area contributed by atoms with Crippen LogP contribution in [0.15, 0.2) is 35.2 Å². The van der Waals surface area contributed by atoms with E-state index in [4.69, 9.17) is 9.47 Å². The van der Waals surface area contributed by atoms with E-state index in [-0.39, 0.29) is 11.9 Å². The Balaban J connectivity index is 1.33. The molecule has 2 heterocycles. The monoisotopic (exact) mass is 407 g/mol. The lowest BCUT2D eigenvalue weighted by Gasteiger charge is -2.26. The van der Waals surface area contributed by atoms with Crippen LogP contribution in [0.1, 0.15) is 30.9 Å². The molecular formula is C21H23F2NO3S. The van der Waals surface area contributed by atoms with Gasteiger partial charge in [-0.05, 0) is 56.1 Å². The van der Waals surface area contributed by atoms with Crippen LogP contribution >= 0.6 is 11.8 Å². The van der Waals surface area contributed by atoms with Gasteiger partial charge in [0.2, 0.25) is 5.82 Å². The Labute approximate surface area is 167 Å². The highest BCUT2D eigenvalue weighted by molar-refractivity contribution is 7.99. The fraction of sp³-hybridized carbons (Fsp3) is 0.429. The first-order valence-corrected chi connectivity index (χ1v) is 10.6. The van der Waals surface area contributed by atoms with E-state index >= 15 is 0 Å². The van der Waals surface area contributed by atoms with Crippen molar-refractivity contribution >= 4 is 11.8 Å². The molecule has 7 heteroatoms. The van der Waals surface area contributed by atoms with Crippen molar-refractivity contribution in [1.29, 1.82) is 0 Å². The molecule has 1 fully saturated rings. The van der Waals surface area contributed by atoms with Gasteiger partial charge in [-0.1, -0.05) is 12.1 Å². The molecule has 2 aliphatic heterocycles. The third-order valence-electron chi connectivity index (χ3n) is 5.10. The van der Waals surface area contributed by atoms with Crippen molar-refractivity contribution in [3.63, 3.8) is 0 Å². The van der Waals surface area contributed by atoms with Crippen LogP contribution in [0.4, 0.5) is 8.78 Å². The van der Waals surface area contributed by atoms with Gasteiger partial charge in [0, 0.05) is 12.3 Å². The number of hydrogen-bond acceptors (Lipinski definition) is 5. The highest BCUT2D eigenvalue weighted by Crippen LogP contribution is 2.45. The van der Waals surface area contributed by atoms with Crippen molar-refractivity contribution in [1.82, 2.24) is 4.90 Å². The Morgan fingerprint density at radius 3 is 2.68 bits per heavy atom. The number of phenols is 1. The highest BCUT2D eigenvalue weighted by atomic mass is 32.2. The molecule has 2 aromatic rings. The lowest BCUT2D eigenvalue weighted by atomic mass is 10.1. The van der Waals surface area contributed by atoms with Crippen LogP contribution in [0.2, 0.25) is 0 Å². The maximum Gasteiger partial charge on any atom is 0.210 e. The molecule has 4 rings (SSSR count). The second kappa shape index (κ2) is 8.57. The summed E-state index contributed by atoms with van der Waals surface area (Å²) in [5.74, 6) is -1.80. The predicted molar refractivity (Wildman–Crippen MR) is 104 cm³/mol. The van der Waals surface area contributed by atoms with Gasteiger partial charge in [-0.15, -0.1) is 11.8 Å². The van der Waals surface area contributed by atoms with Crippen LogP contribution in [-0.4, -0.2) is 42.0 Å². The van der Waals surface area contributed by atoms with Gasteiger partial charge in [0.1, 0.15) is 11.9 Å². The summed E-state index contributed by atoms with van der Waals surface area (Å²) in [5.41, 5.74) is 0.880. The second-order valence-electron chi connectivity index (χ2n) is 7.09. The van der Waals surface area contributed by atoms with Gasteiger partial charge >= 0.3 is 0 Å². The minimum atomic E-state index is -1.05. The number of fused-ring (bicyclic) bond motifs is 1. The molecule has 0 radical (unpaired) electrons. The summed E-state index contributed by atoms with van der Waals surface area (Å²) in [4.78, 5) is 2.83. The van der Waals surface area contributed by atoms with Crippen molar-refractivity contribution < 1.29 is 23.4 Å². The predicted octanol–water partition coefficient (Wildman–Crippen LogP) is 4.76. The zero-order valence-corrected chi connectivity index (χ0v) is 16.3. The number of nitrogens with zero attached hydrogens (tertiary/aromatic N) is 1. The van der Waals surface area contributed by atoms with E-state index in [1.807, 2.05) is 24.3 Å². The molecule has 0 saturated carbocycles. The summed E-state index contributed by atoms with van der Waals surface area (Å²) in [6, 6.07) is 8.66. The quantitative estimate of drug-likeness (QED) is 0.700. The third kappa shape index (κ3) is 4.20. The summed E-state index contributed by atoms with van der Waals surface area (Å²) in [7, 11) is 0. The first kappa shape index (κ1) is 19.3. The van der Waals surface area contributed by atoms with Crippen LogP contribution in [0.5, 0.6) is 17.2 Å². The molecule has 0 aromatic heterocycles. The van der Waals surface area contributed by atoms with Gasteiger partial charge in [0.15, 0.2) is 17.3 Å². The molecule has 0 amide bonds. The standard InChI is InChI=1S/C21H23F2NO3S/c22-16-12-18-21(19(23)20(16)25)27-17(13-28-18)14-4-6-15(7-5-14)26-11-3-10-24-8-1-2-9-24/h4-7,12,17,25H,1-3,8-11,13H2/t17-/m1/s1. The largest absolute Gasteiger partial charge is 0.503 e. The summed E-state index contributed by atoms with van der Waals surface area (Å²) < 4.78 is 39.1. The van der Waals surface area contributed by atoms with Crippen LogP contribution in [0.25, 0.3) is 0 Å². The lowest BCUT2D eigenvalue weighted by Crippen LogP contribution is -2.21. The van der Waals surface area contributed by atoms with Crippen molar-refractivity contribution in [2.45, 2.75) is 30.3 Å². The number of halogens is 2. The number of likely N-dealkylation sites (tertiary alicyclic amines) is 1. The Kier molecular flexibility index (Phi) is 5.92. The van der Waals surface area contributed by atoms with E-state index in [2.05, 4.69) is 4.90 Å².